The fourth-order valence-electron chi connectivity index (χ4n) is 8.47. The second-order valence-corrected chi connectivity index (χ2v) is 19.1. The van der Waals surface area contributed by atoms with Gasteiger partial charge in [-0.2, -0.15) is 17.2 Å². The van der Waals surface area contributed by atoms with Crippen molar-refractivity contribution in [2.75, 3.05) is 18.6 Å². The van der Waals surface area contributed by atoms with Gasteiger partial charge < -0.3 is 14.0 Å². The van der Waals surface area contributed by atoms with Crippen LogP contribution in [0.4, 0.5) is 8.78 Å². The summed E-state index contributed by atoms with van der Waals surface area (Å²) >= 11 is 0. The summed E-state index contributed by atoms with van der Waals surface area (Å²) in [6.07, 6.45) is -2.04. The highest BCUT2D eigenvalue weighted by atomic mass is 32.2. The molecule has 11 nitrogen and oxygen atoms in total. The highest BCUT2D eigenvalue weighted by molar-refractivity contribution is 7.98. The summed E-state index contributed by atoms with van der Waals surface area (Å²) in [5.41, 5.74) is 1.20. The minimum absolute atomic E-state index is 0.0227. The van der Waals surface area contributed by atoms with Gasteiger partial charge in [-0.1, -0.05) is 27.7 Å². The Bertz CT molecular complexity index is 1690. The van der Waals surface area contributed by atoms with Crippen LogP contribution in [0.2, 0.25) is 0 Å². The molecule has 3 aliphatic carbocycles. The van der Waals surface area contributed by atoms with Crippen molar-refractivity contribution in [1.29, 1.82) is 0 Å². The molecule has 5 fully saturated rings. The van der Waals surface area contributed by atoms with Gasteiger partial charge in [-0.25, -0.2) is 13.2 Å². The van der Waals surface area contributed by atoms with Gasteiger partial charge in [0.2, 0.25) is 5.78 Å². The smallest absolute Gasteiger partial charge is 0.428 e. The standard InChI is InChI=1S/C30H36F2O11S3/c1-13(2)17-10-15(11-18(14(3)4)24(17)41-5)23(34)20(44-8-6-16(33)7-9-44)12-19-21-25(42-28(35)30(31,32)46(38,39)40)26-22-27(29(19,21)22)45(36,37)43-26/h10-11,13-14,19-22,25-27H,6-9,12H2,1-5H3. The molecule has 1 aromatic rings. The van der Waals surface area contributed by atoms with Crippen LogP contribution in [0, 0.1) is 23.2 Å². The lowest BCUT2D eigenvalue weighted by atomic mass is 9.89. The van der Waals surface area contributed by atoms with Crippen molar-refractivity contribution >= 4 is 48.7 Å². The topological polar surface area (TPSA) is 170 Å². The lowest BCUT2D eigenvalue weighted by Gasteiger charge is -2.27. The van der Waals surface area contributed by atoms with E-state index < -0.39 is 88.2 Å². The normalized spacial score (nSPS) is 33.5. The number of ketones is 2. The molecule has 16 heteroatoms. The summed E-state index contributed by atoms with van der Waals surface area (Å²) in [5.74, 6) is -2.95. The Morgan fingerprint density at radius 2 is 1.67 bits per heavy atom. The Labute approximate surface area is 269 Å². The maximum Gasteiger partial charge on any atom is 0.428 e. The van der Waals surface area contributed by atoms with Crippen LogP contribution >= 0.6 is 0 Å². The van der Waals surface area contributed by atoms with Crippen molar-refractivity contribution in [3.63, 3.8) is 0 Å². The predicted octanol–water partition coefficient (Wildman–Crippen LogP) is 2.89. The molecule has 2 aliphatic heterocycles. The van der Waals surface area contributed by atoms with Crippen LogP contribution in [0.3, 0.4) is 0 Å². The number of hydrogen-bond donors (Lipinski definition) is 0. The molecule has 8 atom stereocenters. The van der Waals surface area contributed by atoms with Crippen molar-refractivity contribution in [2.45, 2.75) is 86.8 Å². The van der Waals surface area contributed by atoms with E-state index in [-0.39, 0.29) is 29.8 Å². The van der Waals surface area contributed by atoms with Gasteiger partial charge in [0.1, 0.15) is 35.2 Å². The number of esters is 1. The summed E-state index contributed by atoms with van der Waals surface area (Å²) in [6, 6.07) is 3.62. The molecule has 0 bridgehead atoms. The molecule has 5 aliphatic rings. The monoisotopic (exact) mass is 706 g/mol. The molecular formula is C30H36F2O11S3. The number of ether oxygens (including phenoxy) is 2. The summed E-state index contributed by atoms with van der Waals surface area (Å²) < 4.78 is 103. The van der Waals surface area contributed by atoms with Crippen molar-refractivity contribution in [3.8, 4) is 5.75 Å². The molecule has 0 radical (unpaired) electrons. The Kier molecular flexibility index (Phi) is 8.03. The molecule has 46 heavy (non-hydrogen) atoms. The van der Waals surface area contributed by atoms with E-state index in [0.717, 1.165) is 11.1 Å². The minimum Gasteiger partial charge on any atom is -0.743 e. The second kappa shape index (κ2) is 10.9. The third kappa shape index (κ3) is 4.86. The number of Topliss-reactive ketones (excluding diaryl/α,β-unsaturated/α-hetero) is 2. The van der Waals surface area contributed by atoms with Gasteiger partial charge in [-0.3, -0.25) is 13.8 Å². The molecule has 3 saturated carbocycles. The van der Waals surface area contributed by atoms with E-state index in [2.05, 4.69) is 0 Å². The van der Waals surface area contributed by atoms with Gasteiger partial charge in [-0.15, -0.1) is 0 Å². The zero-order valence-electron chi connectivity index (χ0n) is 25.9. The molecule has 2 heterocycles. The second-order valence-electron chi connectivity index (χ2n) is 13.5. The van der Waals surface area contributed by atoms with Crippen LogP contribution in [0.15, 0.2) is 12.1 Å². The van der Waals surface area contributed by atoms with Gasteiger partial charge in [0.25, 0.3) is 10.1 Å². The average Bonchev–Trinajstić information content (AvgIpc) is 3.77. The Morgan fingerprint density at radius 3 is 2.17 bits per heavy atom. The van der Waals surface area contributed by atoms with Gasteiger partial charge in [0, 0.05) is 29.2 Å². The highest BCUT2D eigenvalue weighted by Gasteiger charge is 2.99. The third-order valence-corrected chi connectivity index (χ3v) is 15.8. The lowest BCUT2D eigenvalue weighted by Crippen LogP contribution is -2.44. The first-order valence-corrected chi connectivity index (χ1v) is 19.7. The molecule has 0 N–H and O–H groups in total. The number of carbonyl (C=O) groups excluding carboxylic acids is 3. The molecule has 1 spiro atoms. The maximum atomic E-state index is 14.5. The summed E-state index contributed by atoms with van der Waals surface area (Å²) in [7, 11) is -9.54. The van der Waals surface area contributed by atoms with E-state index in [4.69, 9.17) is 13.7 Å². The number of carbonyl (C=O) groups is 3. The number of alkyl halides is 2. The quantitative estimate of drug-likeness (QED) is 0.109. The van der Waals surface area contributed by atoms with Crippen LogP contribution in [-0.2, 0) is 49.6 Å². The third-order valence-electron chi connectivity index (χ3n) is 10.5. The molecule has 6 rings (SSSR count). The summed E-state index contributed by atoms with van der Waals surface area (Å²) in [4.78, 5) is 38.9. The first-order valence-electron chi connectivity index (χ1n) is 15.2. The maximum absolute atomic E-state index is 14.5. The molecule has 2 saturated heterocycles. The minimum atomic E-state index is -6.40. The summed E-state index contributed by atoms with van der Waals surface area (Å²) in [6.45, 7) is 7.95. The predicted molar refractivity (Wildman–Crippen MR) is 160 cm³/mol. The van der Waals surface area contributed by atoms with Crippen molar-refractivity contribution in [1.82, 2.24) is 0 Å². The number of hydrogen-bond acceptors (Lipinski definition) is 11. The lowest BCUT2D eigenvalue weighted by molar-refractivity contribution is -0.172. The van der Waals surface area contributed by atoms with E-state index in [0.29, 0.717) is 35.7 Å². The van der Waals surface area contributed by atoms with Gasteiger partial charge in [0.15, 0.2) is 15.4 Å². The summed E-state index contributed by atoms with van der Waals surface area (Å²) in [5, 5.41) is -6.96. The number of rotatable bonds is 11. The van der Waals surface area contributed by atoms with Gasteiger partial charge in [-0.05, 0) is 51.9 Å². The SMILES string of the molecule is COc1c(C(C)C)cc(C(=O)C(CC2C3C(OC(=O)C(F)(F)S(=O)(=O)[O-])C4OS(=O)(=O)C5C4C235)[S+]2CCC(=O)CC2)cc1C(C)C. The van der Waals surface area contributed by atoms with Gasteiger partial charge >= 0.3 is 11.2 Å². The van der Waals surface area contributed by atoms with Gasteiger partial charge in [0.05, 0.1) is 25.2 Å². The van der Waals surface area contributed by atoms with Crippen LogP contribution in [0.1, 0.15) is 80.3 Å². The molecular weight excluding hydrogens is 671 g/mol. The highest BCUT2D eigenvalue weighted by Crippen LogP contribution is 2.90. The number of benzene rings is 1. The Morgan fingerprint density at radius 1 is 1.11 bits per heavy atom. The zero-order chi connectivity index (χ0) is 33.9. The molecule has 0 aromatic heterocycles. The first kappa shape index (κ1) is 33.7. The Hall–Kier alpha value is -2.14. The average molecular weight is 707 g/mol. The van der Waals surface area contributed by atoms with E-state index in [1.165, 1.54) is 0 Å². The van der Waals surface area contributed by atoms with Crippen LogP contribution in [0.5, 0.6) is 5.75 Å². The van der Waals surface area contributed by atoms with Crippen molar-refractivity contribution < 1.29 is 58.2 Å². The fourth-order valence-corrected chi connectivity index (χ4v) is 13.7. The van der Waals surface area contributed by atoms with E-state index >= 15 is 0 Å². The van der Waals surface area contributed by atoms with Crippen LogP contribution < -0.4 is 4.74 Å². The largest absolute Gasteiger partial charge is 0.743 e. The number of methoxy groups -OCH3 is 1. The van der Waals surface area contributed by atoms with Crippen molar-refractivity contribution in [3.05, 3.63) is 28.8 Å². The zero-order valence-corrected chi connectivity index (χ0v) is 28.3. The Balaban J connectivity index is 1.35. The molecule has 1 aromatic carbocycles. The fraction of sp³-hybridized carbons (Fsp3) is 0.700. The first-order chi connectivity index (χ1) is 21.3. The number of halogens is 2. The van der Waals surface area contributed by atoms with E-state index in [1.54, 1.807) is 7.11 Å². The van der Waals surface area contributed by atoms with Crippen molar-refractivity contribution in [2.24, 2.45) is 23.2 Å². The molecule has 0 amide bonds. The molecule has 254 valence electrons. The van der Waals surface area contributed by atoms with E-state index in [9.17, 15) is 44.6 Å². The van der Waals surface area contributed by atoms with E-state index in [1.807, 2.05) is 39.8 Å². The van der Waals surface area contributed by atoms with Crippen LogP contribution in [0.25, 0.3) is 0 Å². The van der Waals surface area contributed by atoms with Crippen LogP contribution in [-0.4, -0.2) is 85.5 Å². The molecule has 8 unspecified atom stereocenters.